The minimum absolute atomic E-state index is 0.00120. The summed E-state index contributed by atoms with van der Waals surface area (Å²) >= 11 is 0. The van der Waals surface area contributed by atoms with Crippen molar-refractivity contribution >= 4 is 18.1 Å². The first kappa shape index (κ1) is 7.67. The standard InChI is InChI=1S/C9H6N2O2/c12-10-9-5-7-3-1-2-4-8(7)6-11(9)13/h1-6H/p+1. The van der Waals surface area contributed by atoms with Crippen molar-refractivity contribution in [2.24, 2.45) is 5.16 Å². The van der Waals surface area contributed by atoms with Crippen LogP contribution in [0, 0.1) is 4.91 Å². The Hall–Kier alpha value is -1.97. The Kier molecular flexibility index (Phi) is 1.66. The highest BCUT2D eigenvalue weighted by Gasteiger charge is 2.16. The number of nitrogens with zero attached hydrogens (tertiary/aromatic N) is 2. The molecule has 1 aliphatic rings. The third-order valence-corrected chi connectivity index (χ3v) is 1.87. The molecule has 1 aliphatic heterocycles. The van der Waals surface area contributed by atoms with E-state index in [1.165, 1.54) is 12.3 Å². The predicted molar refractivity (Wildman–Crippen MR) is 47.5 cm³/mol. The summed E-state index contributed by atoms with van der Waals surface area (Å²) in [5.41, 5.74) is 0. The fraction of sp³-hybridized carbons (Fsp3) is 0. The SMILES string of the molecule is O=[N+]1C=c2ccccc2=CC1=NO. The van der Waals surface area contributed by atoms with Crippen molar-refractivity contribution in [3.05, 3.63) is 39.6 Å². The zero-order valence-electron chi connectivity index (χ0n) is 6.71. The molecule has 1 aromatic rings. The van der Waals surface area contributed by atoms with E-state index in [0.717, 1.165) is 10.4 Å². The van der Waals surface area contributed by atoms with E-state index >= 15 is 0 Å². The first-order chi connectivity index (χ1) is 6.31. The lowest BCUT2D eigenvalue weighted by molar-refractivity contribution is -0.308. The van der Waals surface area contributed by atoms with Crippen LogP contribution >= 0.6 is 0 Å². The van der Waals surface area contributed by atoms with E-state index in [-0.39, 0.29) is 5.84 Å². The van der Waals surface area contributed by atoms with E-state index in [4.69, 9.17) is 5.21 Å². The third-order valence-electron chi connectivity index (χ3n) is 1.87. The number of fused-ring (bicyclic) bond motifs is 1. The maximum absolute atomic E-state index is 11.1. The van der Waals surface area contributed by atoms with Crippen LogP contribution in [0.2, 0.25) is 0 Å². The molecule has 0 fully saturated rings. The minimum Gasteiger partial charge on any atom is -0.313 e. The van der Waals surface area contributed by atoms with Crippen LogP contribution in [0.1, 0.15) is 0 Å². The molecule has 0 bridgehead atoms. The van der Waals surface area contributed by atoms with Gasteiger partial charge in [0.2, 0.25) is 0 Å². The zero-order chi connectivity index (χ0) is 9.26. The fourth-order valence-corrected chi connectivity index (χ4v) is 1.23. The number of benzene rings is 1. The molecule has 4 heteroatoms. The maximum atomic E-state index is 11.1. The van der Waals surface area contributed by atoms with Crippen LogP contribution in [0.4, 0.5) is 0 Å². The highest BCUT2D eigenvalue weighted by atomic mass is 16.4. The van der Waals surface area contributed by atoms with Crippen LogP contribution < -0.4 is 10.4 Å². The average Bonchev–Trinajstić information content (AvgIpc) is 2.17. The summed E-state index contributed by atoms with van der Waals surface area (Å²) < 4.78 is 0.530. The van der Waals surface area contributed by atoms with Gasteiger partial charge in [-0.25, -0.2) is 0 Å². The van der Waals surface area contributed by atoms with Crippen molar-refractivity contribution in [1.29, 1.82) is 0 Å². The Labute approximate surface area is 73.7 Å². The summed E-state index contributed by atoms with van der Waals surface area (Å²) in [5, 5.41) is 13.1. The van der Waals surface area contributed by atoms with Gasteiger partial charge < -0.3 is 5.21 Å². The van der Waals surface area contributed by atoms with Gasteiger partial charge in [-0.2, -0.15) is 0 Å². The van der Waals surface area contributed by atoms with Crippen molar-refractivity contribution in [3.63, 3.8) is 0 Å². The topological polar surface area (TPSA) is 52.7 Å². The molecular weight excluding hydrogens is 168 g/mol. The van der Waals surface area contributed by atoms with E-state index in [0.29, 0.717) is 4.76 Å². The van der Waals surface area contributed by atoms with Crippen LogP contribution in [-0.2, 0) is 0 Å². The van der Waals surface area contributed by atoms with Gasteiger partial charge in [0.1, 0.15) is 0 Å². The van der Waals surface area contributed by atoms with Gasteiger partial charge in [0.25, 0.3) is 0 Å². The van der Waals surface area contributed by atoms with Crippen LogP contribution in [0.5, 0.6) is 0 Å². The van der Waals surface area contributed by atoms with Gasteiger partial charge in [-0.1, -0.05) is 29.2 Å². The normalized spacial score (nSPS) is 17.5. The Morgan fingerprint density at radius 3 is 2.62 bits per heavy atom. The van der Waals surface area contributed by atoms with Crippen LogP contribution in [0.15, 0.2) is 29.4 Å². The number of oxime groups is 1. The summed E-state index contributed by atoms with van der Waals surface area (Å²) in [5.74, 6) is -0.00120. The van der Waals surface area contributed by atoms with Crippen molar-refractivity contribution in [1.82, 2.24) is 0 Å². The first-order valence-corrected chi connectivity index (χ1v) is 3.78. The molecular formula is C9H7N2O2+. The molecule has 0 spiro atoms. The maximum Gasteiger partial charge on any atom is 0.412 e. The van der Waals surface area contributed by atoms with E-state index in [1.807, 2.05) is 24.3 Å². The second-order valence-electron chi connectivity index (χ2n) is 2.69. The molecule has 0 aliphatic carbocycles. The number of hydrogen-bond donors (Lipinski definition) is 1. The summed E-state index contributed by atoms with van der Waals surface area (Å²) in [7, 11) is 0. The van der Waals surface area contributed by atoms with Gasteiger partial charge in [-0.05, 0) is 5.22 Å². The summed E-state index contributed by atoms with van der Waals surface area (Å²) in [6.07, 6.45) is 2.91. The molecule has 0 aromatic heterocycles. The lowest BCUT2D eigenvalue weighted by atomic mass is 10.2. The number of amidine groups is 1. The lowest BCUT2D eigenvalue weighted by Gasteiger charge is -1.93. The molecule has 1 N–H and O–H groups in total. The second kappa shape index (κ2) is 2.82. The summed E-state index contributed by atoms with van der Waals surface area (Å²) in [6, 6.07) is 7.38. The first-order valence-electron chi connectivity index (χ1n) is 3.78. The van der Waals surface area contributed by atoms with Gasteiger partial charge in [0.15, 0.2) is 11.4 Å². The summed E-state index contributed by atoms with van der Waals surface area (Å²) in [6.45, 7) is 0. The zero-order valence-corrected chi connectivity index (χ0v) is 6.71. The molecule has 2 rings (SSSR count). The highest BCUT2D eigenvalue weighted by Crippen LogP contribution is 1.88. The Morgan fingerprint density at radius 1 is 1.23 bits per heavy atom. The molecule has 0 unspecified atom stereocenters. The Balaban J connectivity index is 2.81. The van der Waals surface area contributed by atoms with Gasteiger partial charge in [0.05, 0.1) is 0 Å². The molecule has 4 nitrogen and oxygen atoms in total. The van der Waals surface area contributed by atoms with Gasteiger partial charge in [-0.3, -0.25) is 0 Å². The smallest absolute Gasteiger partial charge is 0.313 e. The average molecular weight is 175 g/mol. The minimum atomic E-state index is -0.00120. The van der Waals surface area contributed by atoms with Crippen LogP contribution in [0.3, 0.4) is 0 Å². The van der Waals surface area contributed by atoms with E-state index in [1.54, 1.807) is 0 Å². The summed E-state index contributed by atoms with van der Waals surface area (Å²) in [4.78, 5) is 11.1. The molecule has 0 amide bonds. The Morgan fingerprint density at radius 2 is 1.92 bits per heavy atom. The molecule has 0 atom stereocenters. The monoisotopic (exact) mass is 175 g/mol. The predicted octanol–water partition coefficient (Wildman–Crippen LogP) is -0.215. The highest BCUT2D eigenvalue weighted by molar-refractivity contribution is 6.03. The van der Waals surface area contributed by atoms with Crippen molar-refractivity contribution in [2.45, 2.75) is 0 Å². The molecule has 0 radical (unpaired) electrons. The Bertz CT molecular complexity index is 503. The van der Waals surface area contributed by atoms with E-state index in [9.17, 15) is 4.91 Å². The third kappa shape index (κ3) is 1.22. The van der Waals surface area contributed by atoms with Gasteiger partial charge >= 0.3 is 5.84 Å². The van der Waals surface area contributed by atoms with Gasteiger partial charge in [0, 0.05) is 16.1 Å². The molecule has 13 heavy (non-hydrogen) atoms. The molecule has 1 aromatic carbocycles. The largest absolute Gasteiger partial charge is 0.412 e. The van der Waals surface area contributed by atoms with Crippen molar-refractivity contribution in [3.8, 4) is 0 Å². The lowest BCUT2D eigenvalue weighted by Crippen LogP contribution is -2.33. The van der Waals surface area contributed by atoms with E-state index in [2.05, 4.69) is 5.16 Å². The van der Waals surface area contributed by atoms with E-state index < -0.39 is 0 Å². The molecule has 1 heterocycles. The molecule has 0 saturated heterocycles. The fourth-order valence-electron chi connectivity index (χ4n) is 1.23. The second-order valence-corrected chi connectivity index (χ2v) is 2.69. The van der Waals surface area contributed by atoms with Crippen molar-refractivity contribution in [2.75, 3.05) is 0 Å². The molecule has 64 valence electrons. The molecule has 0 saturated carbocycles. The van der Waals surface area contributed by atoms with Gasteiger partial charge in [-0.15, -0.1) is 0 Å². The van der Waals surface area contributed by atoms with Crippen LogP contribution in [-0.4, -0.2) is 15.8 Å². The quantitative estimate of drug-likeness (QED) is 0.337. The number of nitroso groups, excluding NO2 is 1. The van der Waals surface area contributed by atoms with Crippen LogP contribution in [0.25, 0.3) is 12.3 Å². The number of rotatable bonds is 0. The number of hydrogen-bond acceptors (Lipinski definition) is 3. The van der Waals surface area contributed by atoms with Crippen molar-refractivity contribution < 1.29 is 9.97 Å².